The third-order valence-corrected chi connectivity index (χ3v) is 5.14. The molecule has 0 aliphatic carbocycles. The average Bonchev–Trinajstić information content (AvgIpc) is 3.23. The van der Waals surface area contributed by atoms with Gasteiger partial charge in [-0.05, 0) is 39.2 Å². The number of hydrogen-bond donors (Lipinski definition) is 0. The molecule has 0 saturated carbocycles. The van der Waals surface area contributed by atoms with Crippen LogP contribution >= 0.6 is 0 Å². The van der Waals surface area contributed by atoms with E-state index in [-0.39, 0.29) is 11.9 Å². The van der Waals surface area contributed by atoms with Crippen LogP contribution in [-0.4, -0.2) is 51.0 Å². The molecular formula is C16H26N4O2. The Morgan fingerprint density at radius 1 is 1.32 bits per heavy atom. The zero-order valence-electron chi connectivity index (χ0n) is 13.8. The fourth-order valence-electron chi connectivity index (χ4n) is 4.02. The Labute approximate surface area is 131 Å². The Kier molecular flexibility index (Phi) is 4.47. The maximum absolute atomic E-state index is 11.9. The van der Waals surface area contributed by atoms with E-state index >= 15 is 0 Å². The predicted molar refractivity (Wildman–Crippen MR) is 82.2 cm³/mol. The number of hydrogen-bond acceptors (Lipinski definition) is 5. The van der Waals surface area contributed by atoms with Crippen molar-refractivity contribution < 1.29 is 9.32 Å². The normalized spacial score (nSPS) is 27.5. The monoisotopic (exact) mass is 306 g/mol. The van der Waals surface area contributed by atoms with Gasteiger partial charge in [0, 0.05) is 32.0 Å². The van der Waals surface area contributed by atoms with Crippen LogP contribution in [0, 0.1) is 0 Å². The Bertz CT molecular complexity index is 530. The topological polar surface area (TPSA) is 62.5 Å². The second-order valence-corrected chi connectivity index (χ2v) is 6.45. The molecule has 1 amide bonds. The largest absolute Gasteiger partial charge is 0.338 e. The molecular weight excluding hydrogens is 280 g/mol. The highest BCUT2D eigenvalue weighted by Crippen LogP contribution is 2.35. The van der Waals surface area contributed by atoms with Gasteiger partial charge in [-0.2, -0.15) is 4.98 Å². The lowest BCUT2D eigenvalue weighted by Crippen LogP contribution is -2.48. The predicted octanol–water partition coefficient (Wildman–Crippen LogP) is 2.17. The van der Waals surface area contributed by atoms with E-state index < -0.39 is 0 Å². The lowest BCUT2D eigenvalue weighted by atomic mass is 10.0. The Balaban J connectivity index is 1.76. The van der Waals surface area contributed by atoms with Crippen LogP contribution in [0.4, 0.5) is 0 Å². The van der Waals surface area contributed by atoms with Crippen molar-refractivity contribution in [3.63, 3.8) is 0 Å². The molecule has 0 spiro atoms. The summed E-state index contributed by atoms with van der Waals surface area (Å²) in [6, 6.07) is 0.879. The van der Waals surface area contributed by atoms with E-state index in [1.165, 1.54) is 6.42 Å². The summed E-state index contributed by atoms with van der Waals surface area (Å²) in [4.78, 5) is 20.9. The van der Waals surface area contributed by atoms with Gasteiger partial charge in [-0.15, -0.1) is 0 Å². The van der Waals surface area contributed by atoms with Crippen LogP contribution in [0.25, 0.3) is 0 Å². The van der Waals surface area contributed by atoms with E-state index in [1.807, 2.05) is 6.92 Å². The zero-order chi connectivity index (χ0) is 15.7. The van der Waals surface area contributed by atoms with Crippen molar-refractivity contribution in [2.75, 3.05) is 13.1 Å². The van der Waals surface area contributed by atoms with Crippen LogP contribution in [0.1, 0.15) is 64.2 Å². The molecule has 0 N–H and O–H groups in total. The van der Waals surface area contributed by atoms with Gasteiger partial charge in [-0.1, -0.05) is 12.1 Å². The zero-order valence-corrected chi connectivity index (χ0v) is 13.8. The molecule has 2 aliphatic rings. The van der Waals surface area contributed by atoms with Gasteiger partial charge in [0.25, 0.3) is 0 Å². The van der Waals surface area contributed by atoms with E-state index in [2.05, 4.69) is 26.9 Å². The van der Waals surface area contributed by atoms with Gasteiger partial charge in [0.1, 0.15) is 0 Å². The van der Waals surface area contributed by atoms with Crippen molar-refractivity contribution in [3.8, 4) is 0 Å². The number of aromatic nitrogens is 2. The summed E-state index contributed by atoms with van der Waals surface area (Å²) in [6.45, 7) is 7.79. The van der Waals surface area contributed by atoms with Crippen molar-refractivity contribution in [2.45, 2.75) is 71.0 Å². The summed E-state index contributed by atoms with van der Waals surface area (Å²) < 4.78 is 5.43. The van der Waals surface area contributed by atoms with E-state index in [1.54, 1.807) is 6.92 Å². The fraction of sp³-hybridized carbons (Fsp3) is 0.812. The molecule has 6 nitrogen and oxygen atoms in total. The summed E-state index contributed by atoms with van der Waals surface area (Å²) >= 11 is 0. The minimum Gasteiger partial charge on any atom is -0.338 e. The molecule has 6 heteroatoms. The van der Waals surface area contributed by atoms with Crippen molar-refractivity contribution in [1.29, 1.82) is 0 Å². The highest BCUT2D eigenvalue weighted by molar-refractivity contribution is 5.74. The van der Waals surface area contributed by atoms with Gasteiger partial charge < -0.3 is 9.42 Å². The minimum atomic E-state index is 0.120. The maximum Gasteiger partial charge on any atom is 0.243 e. The first-order valence-electron chi connectivity index (χ1n) is 8.47. The second-order valence-electron chi connectivity index (χ2n) is 6.45. The van der Waals surface area contributed by atoms with Gasteiger partial charge in [-0.25, -0.2) is 0 Å². The number of aryl methyl sites for hydroxylation is 1. The van der Waals surface area contributed by atoms with Crippen LogP contribution < -0.4 is 0 Å². The summed E-state index contributed by atoms with van der Waals surface area (Å²) in [6.07, 6.45) is 5.33. The van der Waals surface area contributed by atoms with Crippen molar-refractivity contribution in [1.82, 2.24) is 19.9 Å². The fourth-order valence-corrected chi connectivity index (χ4v) is 4.02. The lowest BCUT2D eigenvalue weighted by molar-refractivity contribution is -0.130. The van der Waals surface area contributed by atoms with E-state index in [4.69, 9.17) is 4.52 Å². The van der Waals surface area contributed by atoms with Crippen LogP contribution in [0.3, 0.4) is 0 Å². The molecule has 122 valence electrons. The highest BCUT2D eigenvalue weighted by atomic mass is 16.5. The molecule has 0 radical (unpaired) electrons. The first-order chi connectivity index (χ1) is 10.6. The van der Waals surface area contributed by atoms with Crippen LogP contribution in [-0.2, 0) is 11.2 Å². The van der Waals surface area contributed by atoms with Gasteiger partial charge >= 0.3 is 0 Å². The van der Waals surface area contributed by atoms with Gasteiger partial charge in [0.05, 0.1) is 6.04 Å². The molecule has 0 unspecified atom stereocenters. The molecule has 1 aromatic rings. The molecule has 0 aromatic carbocycles. The Morgan fingerprint density at radius 2 is 2.05 bits per heavy atom. The van der Waals surface area contributed by atoms with Gasteiger partial charge in [-0.3, -0.25) is 9.69 Å². The van der Waals surface area contributed by atoms with E-state index in [0.717, 1.165) is 44.6 Å². The summed E-state index contributed by atoms with van der Waals surface area (Å²) in [7, 11) is 0. The molecule has 1 aromatic heterocycles. The van der Waals surface area contributed by atoms with Crippen molar-refractivity contribution in [3.05, 3.63) is 11.7 Å². The SMILES string of the molecule is CCc1noc([C@H](C)N2CCC[C@H]2[C@@H]2CCCN2C(C)=O)n1. The number of carbonyl (C=O) groups is 1. The van der Waals surface area contributed by atoms with E-state index in [0.29, 0.717) is 18.0 Å². The standard InChI is InChI=1S/C16H26N4O2/c1-4-15-17-16(22-18-15)11(2)19-9-5-7-13(19)14-8-6-10-20(14)12(3)21/h11,13-14H,4-10H2,1-3H3/t11-,13-,14-/m0/s1. The maximum atomic E-state index is 11.9. The van der Waals surface area contributed by atoms with Gasteiger partial charge in [0.15, 0.2) is 5.82 Å². The highest BCUT2D eigenvalue weighted by Gasteiger charge is 2.41. The average molecular weight is 306 g/mol. The quantitative estimate of drug-likeness (QED) is 0.853. The Morgan fingerprint density at radius 3 is 2.73 bits per heavy atom. The number of carbonyl (C=O) groups excluding carboxylic acids is 1. The smallest absolute Gasteiger partial charge is 0.243 e. The van der Waals surface area contributed by atoms with Gasteiger partial charge in [0.2, 0.25) is 11.8 Å². The first-order valence-corrected chi connectivity index (χ1v) is 8.47. The molecule has 2 fully saturated rings. The first kappa shape index (κ1) is 15.5. The molecule has 22 heavy (non-hydrogen) atoms. The summed E-state index contributed by atoms with van der Waals surface area (Å²) in [5.41, 5.74) is 0. The van der Waals surface area contributed by atoms with Crippen molar-refractivity contribution >= 4 is 5.91 Å². The van der Waals surface area contributed by atoms with Crippen LogP contribution in [0.15, 0.2) is 4.52 Å². The molecule has 3 rings (SSSR count). The summed E-state index contributed by atoms with van der Waals surface area (Å²) in [5, 5.41) is 4.02. The molecule has 2 aliphatic heterocycles. The summed E-state index contributed by atoms with van der Waals surface area (Å²) in [5.74, 6) is 1.67. The number of likely N-dealkylation sites (tertiary alicyclic amines) is 2. The number of nitrogens with zero attached hydrogens (tertiary/aromatic N) is 4. The third-order valence-electron chi connectivity index (χ3n) is 5.14. The molecule has 0 bridgehead atoms. The molecule has 2 saturated heterocycles. The number of amides is 1. The van der Waals surface area contributed by atoms with Crippen LogP contribution in [0.2, 0.25) is 0 Å². The number of rotatable bonds is 4. The second kappa shape index (κ2) is 6.36. The minimum absolute atomic E-state index is 0.120. The van der Waals surface area contributed by atoms with Crippen LogP contribution in [0.5, 0.6) is 0 Å². The van der Waals surface area contributed by atoms with E-state index in [9.17, 15) is 4.79 Å². The lowest BCUT2D eigenvalue weighted by Gasteiger charge is -2.36. The Hall–Kier alpha value is -1.43. The third kappa shape index (κ3) is 2.76. The van der Waals surface area contributed by atoms with Crippen molar-refractivity contribution in [2.24, 2.45) is 0 Å². The molecule has 3 heterocycles. The molecule has 3 atom stereocenters.